The second kappa shape index (κ2) is 5.18. The molecule has 2 nitrogen and oxygen atoms in total. The minimum atomic E-state index is 0.159. The number of allylic oxidation sites excluding steroid dienone is 1. The Bertz CT molecular complexity index is 204. The van der Waals surface area contributed by atoms with Gasteiger partial charge in [0, 0.05) is 0 Å². The van der Waals surface area contributed by atoms with Gasteiger partial charge in [-0.05, 0) is 32.3 Å². The molecule has 0 amide bonds. The lowest BCUT2D eigenvalue weighted by atomic mass is 9.98. The maximum absolute atomic E-state index is 10.9. The molecule has 1 atom stereocenters. The lowest BCUT2D eigenvalue weighted by Crippen LogP contribution is -2.20. The van der Waals surface area contributed by atoms with E-state index in [1.165, 1.54) is 5.57 Å². The molecule has 1 saturated heterocycles. The van der Waals surface area contributed by atoms with Crippen molar-refractivity contribution in [2.75, 3.05) is 6.61 Å². The van der Waals surface area contributed by atoms with Crippen LogP contribution in [0.1, 0.15) is 39.5 Å². The third-order valence-electron chi connectivity index (χ3n) is 2.28. The van der Waals surface area contributed by atoms with Crippen molar-refractivity contribution in [3.05, 3.63) is 11.6 Å². The van der Waals surface area contributed by atoms with Crippen LogP contribution in [0.4, 0.5) is 0 Å². The van der Waals surface area contributed by atoms with E-state index in [9.17, 15) is 4.79 Å². The first-order chi connectivity index (χ1) is 6.22. The zero-order chi connectivity index (χ0) is 9.68. The Morgan fingerprint density at radius 1 is 1.69 bits per heavy atom. The molecule has 0 radical (unpaired) electrons. The summed E-state index contributed by atoms with van der Waals surface area (Å²) in [6.07, 6.45) is 6.26. The number of hydrogen-bond donors (Lipinski definition) is 0. The highest BCUT2D eigenvalue weighted by Gasteiger charge is 2.16. The number of carbonyl (C=O) groups is 1. The summed E-state index contributed by atoms with van der Waals surface area (Å²) in [5, 5.41) is 0. The molecule has 1 heterocycles. The zero-order valence-electron chi connectivity index (χ0n) is 8.51. The molecule has 0 spiro atoms. The Kier molecular flexibility index (Phi) is 4.16. The Labute approximate surface area is 80.0 Å². The van der Waals surface area contributed by atoms with Gasteiger partial charge in [0.15, 0.2) is 5.78 Å². The number of hydrogen-bond acceptors (Lipinski definition) is 2. The monoisotopic (exact) mass is 182 g/mol. The zero-order valence-corrected chi connectivity index (χ0v) is 8.51. The second-order valence-corrected chi connectivity index (χ2v) is 3.65. The van der Waals surface area contributed by atoms with Gasteiger partial charge >= 0.3 is 0 Å². The van der Waals surface area contributed by atoms with Crippen molar-refractivity contribution in [3.8, 4) is 0 Å². The minimum Gasteiger partial charge on any atom is -0.378 e. The van der Waals surface area contributed by atoms with Crippen molar-refractivity contribution in [2.24, 2.45) is 0 Å². The van der Waals surface area contributed by atoms with Crippen LogP contribution in [-0.2, 0) is 9.53 Å². The Balaban J connectivity index is 2.46. The molecule has 2 heteroatoms. The summed E-state index contributed by atoms with van der Waals surface area (Å²) < 4.78 is 5.58. The molecule has 0 aliphatic carbocycles. The Morgan fingerprint density at radius 2 is 2.46 bits per heavy atom. The van der Waals surface area contributed by atoms with E-state index in [0.29, 0.717) is 6.10 Å². The molecule has 1 aliphatic rings. The van der Waals surface area contributed by atoms with Gasteiger partial charge < -0.3 is 4.74 Å². The van der Waals surface area contributed by atoms with Crippen molar-refractivity contribution in [3.63, 3.8) is 0 Å². The Morgan fingerprint density at radius 3 is 3.08 bits per heavy atom. The molecule has 0 N–H and O–H groups in total. The van der Waals surface area contributed by atoms with E-state index in [-0.39, 0.29) is 5.78 Å². The second-order valence-electron chi connectivity index (χ2n) is 3.65. The topological polar surface area (TPSA) is 26.3 Å². The Hall–Kier alpha value is -0.630. The van der Waals surface area contributed by atoms with Crippen LogP contribution >= 0.6 is 0 Å². The van der Waals surface area contributed by atoms with Gasteiger partial charge in [-0.1, -0.05) is 18.9 Å². The maximum Gasteiger partial charge on any atom is 0.152 e. The molecule has 74 valence electrons. The van der Waals surface area contributed by atoms with Gasteiger partial charge in [-0.25, -0.2) is 0 Å². The summed E-state index contributed by atoms with van der Waals surface area (Å²) in [6.45, 7) is 4.55. The first-order valence-corrected chi connectivity index (χ1v) is 5.04. The molecule has 0 aromatic heterocycles. The third kappa shape index (κ3) is 3.73. The van der Waals surface area contributed by atoms with Gasteiger partial charge in [0.05, 0.1) is 12.7 Å². The molecule has 1 aliphatic heterocycles. The van der Waals surface area contributed by atoms with Crippen molar-refractivity contribution >= 4 is 5.78 Å². The van der Waals surface area contributed by atoms with Crippen LogP contribution in [0.15, 0.2) is 11.6 Å². The molecular weight excluding hydrogens is 164 g/mol. The van der Waals surface area contributed by atoms with E-state index < -0.39 is 0 Å². The predicted molar refractivity (Wildman–Crippen MR) is 52.6 cm³/mol. The number of ketones is 1. The summed E-state index contributed by atoms with van der Waals surface area (Å²) in [7, 11) is 0. The number of rotatable bonds is 3. The number of ether oxygens (including phenoxy) is 1. The maximum atomic E-state index is 10.9. The van der Waals surface area contributed by atoms with E-state index in [0.717, 1.165) is 32.3 Å². The van der Waals surface area contributed by atoms with Gasteiger partial charge in [-0.2, -0.15) is 0 Å². The SMILES string of the molecule is CCCC1CC(=CC(C)=O)CCO1. The average molecular weight is 182 g/mol. The molecule has 13 heavy (non-hydrogen) atoms. The summed E-state index contributed by atoms with van der Waals surface area (Å²) in [5.74, 6) is 0.159. The average Bonchev–Trinajstić information content (AvgIpc) is 2.04. The first kappa shape index (κ1) is 10.5. The normalized spacial score (nSPS) is 26.3. The molecule has 0 bridgehead atoms. The molecule has 1 fully saturated rings. The third-order valence-corrected chi connectivity index (χ3v) is 2.28. The fourth-order valence-electron chi connectivity index (χ4n) is 1.74. The lowest BCUT2D eigenvalue weighted by molar-refractivity contribution is -0.112. The van der Waals surface area contributed by atoms with Gasteiger partial charge in [0.1, 0.15) is 0 Å². The van der Waals surface area contributed by atoms with Crippen LogP contribution in [0.3, 0.4) is 0 Å². The van der Waals surface area contributed by atoms with Crippen LogP contribution in [-0.4, -0.2) is 18.5 Å². The van der Waals surface area contributed by atoms with Gasteiger partial charge in [0.2, 0.25) is 0 Å². The van der Waals surface area contributed by atoms with Gasteiger partial charge in [0.25, 0.3) is 0 Å². The van der Waals surface area contributed by atoms with Crippen molar-refractivity contribution in [1.29, 1.82) is 0 Å². The van der Waals surface area contributed by atoms with E-state index in [1.807, 2.05) is 0 Å². The van der Waals surface area contributed by atoms with Crippen LogP contribution in [0, 0.1) is 0 Å². The largest absolute Gasteiger partial charge is 0.378 e. The fourth-order valence-corrected chi connectivity index (χ4v) is 1.74. The molecule has 1 rings (SSSR count). The highest BCUT2D eigenvalue weighted by Crippen LogP contribution is 2.22. The smallest absolute Gasteiger partial charge is 0.152 e. The molecule has 0 aromatic carbocycles. The van der Waals surface area contributed by atoms with Crippen molar-refractivity contribution in [1.82, 2.24) is 0 Å². The first-order valence-electron chi connectivity index (χ1n) is 5.04. The highest BCUT2D eigenvalue weighted by atomic mass is 16.5. The fraction of sp³-hybridized carbons (Fsp3) is 0.727. The summed E-state index contributed by atoms with van der Waals surface area (Å²) in [6, 6.07) is 0. The summed E-state index contributed by atoms with van der Waals surface area (Å²) in [4.78, 5) is 10.9. The van der Waals surface area contributed by atoms with Gasteiger partial charge in [-0.3, -0.25) is 4.79 Å². The van der Waals surface area contributed by atoms with Gasteiger partial charge in [-0.15, -0.1) is 0 Å². The van der Waals surface area contributed by atoms with E-state index >= 15 is 0 Å². The highest BCUT2D eigenvalue weighted by molar-refractivity contribution is 5.87. The van der Waals surface area contributed by atoms with E-state index in [4.69, 9.17) is 4.74 Å². The lowest BCUT2D eigenvalue weighted by Gasteiger charge is -2.24. The molecule has 0 saturated carbocycles. The van der Waals surface area contributed by atoms with Crippen LogP contribution in [0.2, 0.25) is 0 Å². The van der Waals surface area contributed by atoms with Crippen LogP contribution in [0.5, 0.6) is 0 Å². The number of carbonyl (C=O) groups excluding carboxylic acids is 1. The standard InChI is InChI=1S/C11H18O2/c1-3-4-11-8-10(5-6-13-11)7-9(2)12/h7,11H,3-6,8H2,1-2H3. The van der Waals surface area contributed by atoms with Crippen molar-refractivity contribution in [2.45, 2.75) is 45.6 Å². The van der Waals surface area contributed by atoms with Crippen molar-refractivity contribution < 1.29 is 9.53 Å². The quantitative estimate of drug-likeness (QED) is 0.627. The molecular formula is C11H18O2. The minimum absolute atomic E-state index is 0.159. The van der Waals surface area contributed by atoms with Crippen LogP contribution in [0.25, 0.3) is 0 Å². The summed E-state index contributed by atoms with van der Waals surface area (Å²) in [5.41, 5.74) is 1.26. The molecule has 1 unspecified atom stereocenters. The predicted octanol–water partition coefficient (Wildman–Crippen LogP) is 2.48. The van der Waals surface area contributed by atoms with Crippen LogP contribution < -0.4 is 0 Å². The summed E-state index contributed by atoms with van der Waals surface area (Å²) >= 11 is 0. The van der Waals surface area contributed by atoms with E-state index in [1.54, 1.807) is 13.0 Å². The molecule has 0 aromatic rings. The van der Waals surface area contributed by atoms with E-state index in [2.05, 4.69) is 6.92 Å².